The average molecular weight is 260 g/mol. The van der Waals surface area contributed by atoms with Crippen molar-refractivity contribution < 1.29 is 9.53 Å². The van der Waals surface area contributed by atoms with Gasteiger partial charge >= 0.3 is 5.97 Å². The fourth-order valence-electron chi connectivity index (χ4n) is 2.28. The maximum atomic E-state index is 11.9. The van der Waals surface area contributed by atoms with E-state index in [0.29, 0.717) is 0 Å². The Balaban J connectivity index is 2.53. The summed E-state index contributed by atoms with van der Waals surface area (Å²) in [5, 5.41) is 1.13. The lowest BCUT2D eigenvalue weighted by Crippen LogP contribution is -2.48. The van der Waals surface area contributed by atoms with Crippen molar-refractivity contribution in [3.63, 3.8) is 0 Å². The lowest BCUT2D eigenvalue weighted by atomic mass is 10.0. The summed E-state index contributed by atoms with van der Waals surface area (Å²) >= 11 is 0. The van der Waals surface area contributed by atoms with Crippen LogP contribution in [0.4, 0.5) is 5.69 Å². The number of hydrogen-bond donors (Lipinski definition) is 0. The predicted molar refractivity (Wildman–Crippen MR) is 77.4 cm³/mol. The van der Waals surface area contributed by atoms with Crippen molar-refractivity contribution >= 4 is 22.6 Å². The Morgan fingerprint density at radius 3 is 2.58 bits per heavy atom. The van der Waals surface area contributed by atoms with Crippen LogP contribution in [0.1, 0.15) is 13.8 Å². The summed E-state index contributed by atoms with van der Waals surface area (Å²) in [4.78, 5) is 13.9. The Morgan fingerprint density at radius 1 is 1.32 bits per heavy atom. The number of likely N-dealkylation sites (N-methyl/N-ethyl adjacent to an activating group) is 1. The Bertz CT molecular complexity index is 614. The molecule has 0 aliphatic heterocycles. The van der Waals surface area contributed by atoms with Gasteiger partial charge in [0.25, 0.3) is 0 Å². The third kappa shape index (κ3) is 2.07. The summed E-state index contributed by atoms with van der Waals surface area (Å²) in [5.74, 6) is -0.247. The molecule has 1 aromatic carbocycles. The van der Waals surface area contributed by atoms with Crippen LogP contribution in [-0.2, 0) is 16.6 Å². The van der Waals surface area contributed by atoms with Gasteiger partial charge in [-0.3, -0.25) is 0 Å². The number of nitrogens with zero attached hydrogens (tertiary/aromatic N) is 2. The summed E-state index contributed by atoms with van der Waals surface area (Å²) < 4.78 is 6.95. The second-order valence-corrected chi connectivity index (χ2v) is 5.25. The number of ether oxygens (including phenoxy) is 1. The van der Waals surface area contributed by atoms with E-state index in [2.05, 4.69) is 16.7 Å². The highest BCUT2D eigenvalue weighted by Gasteiger charge is 2.34. The van der Waals surface area contributed by atoms with E-state index < -0.39 is 5.54 Å². The van der Waals surface area contributed by atoms with Crippen LogP contribution < -0.4 is 4.90 Å². The van der Waals surface area contributed by atoms with Gasteiger partial charge in [0.1, 0.15) is 5.54 Å². The van der Waals surface area contributed by atoms with E-state index in [-0.39, 0.29) is 5.97 Å². The topological polar surface area (TPSA) is 34.5 Å². The first-order valence-corrected chi connectivity index (χ1v) is 6.26. The van der Waals surface area contributed by atoms with Crippen molar-refractivity contribution in [2.75, 3.05) is 19.1 Å². The molecule has 0 aliphatic carbocycles. The second-order valence-electron chi connectivity index (χ2n) is 5.25. The monoisotopic (exact) mass is 260 g/mol. The molecule has 19 heavy (non-hydrogen) atoms. The number of methoxy groups -OCH3 is 1. The van der Waals surface area contributed by atoms with Gasteiger partial charge in [-0.05, 0) is 19.9 Å². The first-order valence-electron chi connectivity index (χ1n) is 6.26. The van der Waals surface area contributed by atoms with Crippen molar-refractivity contribution in [2.24, 2.45) is 7.05 Å². The van der Waals surface area contributed by atoms with Crippen molar-refractivity contribution in [3.8, 4) is 0 Å². The maximum Gasteiger partial charge on any atom is 0.331 e. The van der Waals surface area contributed by atoms with Gasteiger partial charge < -0.3 is 14.2 Å². The molecule has 2 aromatic rings. The number of anilines is 1. The molecule has 0 atom stereocenters. The van der Waals surface area contributed by atoms with Crippen molar-refractivity contribution in [1.29, 1.82) is 0 Å². The molecule has 0 aliphatic rings. The first-order chi connectivity index (χ1) is 8.89. The zero-order valence-electron chi connectivity index (χ0n) is 12.1. The summed E-state index contributed by atoms with van der Waals surface area (Å²) in [5.41, 5.74) is 1.46. The third-order valence-corrected chi connectivity index (χ3v) is 3.76. The molecule has 2 rings (SSSR count). The number of hydrogen-bond acceptors (Lipinski definition) is 3. The first kappa shape index (κ1) is 13.5. The van der Waals surface area contributed by atoms with Crippen LogP contribution in [0, 0.1) is 0 Å². The number of rotatable bonds is 3. The van der Waals surface area contributed by atoms with Gasteiger partial charge in [-0.2, -0.15) is 0 Å². The van der Waals surface area contributed by atoms with Crippen LogP contribution in [0.5, 0.6) is 0 Å². The molecular weight excluding hydrogens is 240 g/mol. The molecule has 0 spiro atoms. The number of aromatic nitrogens is 1. The molecule has 0 fully saturated rings. The largest absolute Gasteiger partial charge is 0.467 e. The molecule has 0 N–H and O–H groups in total. The minimum atomic E-state index is -0.709. The van der Waals surface area contributed by atoms with Gasteiger partial charge in [0.05, 0.1) is 12.8 Å². The average Bonchev–Trinajstić information content (AvgIpc) is 2.74. The number of carbonyl (C=O) groups excluding carboxylic acids is 1. The van der Waals surface area contributed by atoms with E-state index in [0.717, 1.165) is 16.6 Å². The highest BCUT2D eigenvalue weighted by atomic mass is 16.5. The fourth-order valence-corrected chi connectivity index (χ4v) is 2.28. The maximum absolute atomic E-state index is 11.9. The number of benzene rings is 1. The van der Waals surface area contributed by atoms with Crippen LogP contribution in [0.25, 0.3) is 10.9 Å². The Morgan fingerprint density at radius 2 is 1.95 bits per heavy atom. The van der Waals surface area contributed by atoms with Gasteiger partial charge in [0, 0.05) is 31.2 Å². The van der Waals surface area contributed by atoms with E-state index in [1.807, 2.05) is 51.2 Å². The minimum Gasteiger partial charge on any atom is -0.467 e. The zero-order chi connectivity index (χ0) is 14.2. The quantitative estimate of drug-likeness (QED) is 0.795. The summed E-state index contributed by atoms with van der Waals surface area (Å²) in [6.45, 7) is 3.72. The molecular formula is C15H20N2O2. The smallest absolute Gasteiger partial charge is 0.331 e. The molecule has 0 radical (unpaired) electrons. The zero-order valence-corrected chi connectivity index (χ0v) is 12.1. The van der Waals surface area contributed by atoms with Crippen molar-refractivity contribution in [1.82, 2.24) is 4.57 Å². The number of aryl methyl sites for hydroxylation is 1. The number of esters is 1. The minimum absolute atomic E-state index is 0.247. The SMILES string of the molecule is COC(=O)C(C)(C)N(C)c1cn(C)c2ccccc12. The Kier molecular flexibility index (Phi) is 3.27. The van der Waals surface area contributed by atoms with E-state index >= 15 is 0 Å². The van der Waals surface area contributed by atoms with Gasteiger partial charge in [-0.1, -0.05) is 18.2 Å². The van der Waals surface area contributed by atoms with Crippen LogP contribution in [-0.4, -0.2) is 30.2 Å². The van der Waals surface area contributed by atoms with Gasteiger partial charge in [0.2, 0.25) is 0 Å². The second kappa shape index (κ2) is 4.61. The van der Waals surface area contributed by atoms with Crippen LogP contribution in [0.15, 0.2) is 30.5 Å². The molecule has 0 unspecified atom stereocenters. The van der Waals surface area contributed by atoms with Crippen molar-refractivity contribution in [3.05, 3.63) is 30.5 Å². The van der Waals surface area contributed by atoms with E-state index in [4.69, 9.17) is 4.74 Å². The van der Waals surface area contributed by atoms with Gasteiger partial charge in [-0.25, -0.2) is 4.79 Å². The van der Waals surface area contributed by atoms with Gasteiger partial charge in [0.15, 0.2) is 0 Å². The third-order valence-electron chi connectivity index (χ3n) is 3.76. The molecule has 102 valence electrons. The van der Waals surface area contributed by atoms with Gasteiger partial charge in [-0.15, -0.1) is 0 Å². The predicted octanol–water partition coefficient (Wildman–Crippen LogP) is 2.57. The molecule has 1 heterocycles. The van der Waals surface area contributed by atoms with Crippen molar-refractivity contribution in [2.45, 2.75) is 19.4 Å². The molecule has 0 saturated carbocycles. The molecule has 0 saturated heterocycles. The molecule has 4 heteroatoms. The number of fused-ring (bicyclic) bond motifs is 1. The Labute approximate surface area is 113 Å². The van der Waals surface area contributed by atoms with E-state index in [1.165, 1.54) is 7.11 Å². The summed E-state index contributed by atoms with van der Waals surface area (Å²) in [7, 11) is 5.34. The standard InChI is InChI=1S/C15H20N2O2/c1-15(2,14(18)19-5)17(4)13-10-16(3)12-9-7-6-8-11(12)13/h6-10H,1-5H3. The highest BCUT2D eigenvalue weighted by Crippen LogP contribution is 2.32. The normalized spacial score (nSPS) is 11.6. The van der Waals surface area contributed by atoms with Crippen LogP contribution in [0.3, 0.4) is 0 Å². The molecule has 0 bridgehead atoms. The number of carbonyl (C=O) groups is 1. The lowest BCUT2D eigenvalue weighted by Gasteiger charge is -2.34. The van der Waals surface area contributed by atoms with E-state index in [9.17, 15) is 4.79 Å². The van der Waals surface area contributed by atoms with Crippen LogP contribution in [0.2, 0.25) is 0 Å². The molecule has 0 amide bonds. The Hall–Kier alpha value is -1.97. The summed E-state index contributed by atoms with van der Waals surface area (Å²) in [6, 6.07) is 8.15. The lowest BCUT2D eigenvalue weighted by molar-refractivity contribution is -0.145. The van der Waals surface area contributed by atoms with Crippen LogP contribution >= 0.6 is 0 Å². The number of para-hydroxylation sites is 1. The summed E-state index contributed by atoms with van der Waals surface area (Å²) in [6.07, 6.45) is 2.04. The molecule has 4 nitrogen and oxygen atoms in total. The molecule has 1 aromatic heterocycles. The highest BCUT2D eigenvalue weighted by molar-refractivity contribution is 5.96. The van der Waals surface area contributed by atoms with E-state index in [1.54, 1.807) is 0 Å². The fraction of sp³-hybridized carbons (Fsp3) is 0.400.